The molecule has 0 amide bonds. The summed E-state index contributed by atoms with van der Waals surface area (Å²) >= 11 is 0. The van der Waals surface area contributed by atoms with Crippen molar-refractivity contribution in [3.8, 4) is 5.75 Å². The van der Waals surface area contributed by atoms with Gasteiger partial charge in [0.05, 0.1) is 13.0 Å². The predicted molar refractivity (Wildman–Crippen MR) is 76.4 cm³/mol. The van der Waals surface area contributed by atoms with Crippen LogP contribution in [0.2, 0.25) is 0 Å². The maximum Gasteiger partial charge on any atom is 0.265 e. The van der Waals surface area contributed by atoms with Gasteiger partial charge in [0.1, 0.15) is 5.75 Å². The smallest absolute Gasteiger partial charge is 0.265 e. The van der Waals surface area contributed by atoms with Crippen LogP contribution in [0.15, 0.2) is 22.7 Å². The van der Waals surface area contributed by atoms with E-state index in [1.54, 1.807) is 7.11 Å². The largest absolute Gasteiger partial charge is 0.497 e. The Kier molecular flexibility index (Phi) is 3.34. The van der Waals surface area contributed by atoms with Gasteiger partial charge in [0.25, 0.3) is 5.95 Å². The Labute approximate surface area is 118 Å². The van der Waals surface area contributed by atoms with Crippen LogP contribution in [-0.4, -0.2) is 31.3 Å². The second-order valence-corrected chi connectivity index (χ2v) is 5.34. The number of benzene rings is 1. The minimum atomic E-state index is 0.176. The van der Waals surface area contributed by atoms with Crippen LogP contribution in [0.4, 0.5) is 5.95 Å². The van der Waals surface area contributed by atoms with E-state index in [1.165, 1.54) is 11.1 Å². The van der Waals surface area contributed by atoms with Crippen molar-refractivity contribution in [3.05, 3.63) is 35.2 Å². The molecule has 1 aromatic carbocycles. The van der Waals surface area contributed by atoms with Crippen molar-refractivity contribution in [3.63, 3.8) is 0 Å². The molecule has 1 aliphatic carbocycles. The Morgan fingerprint density at radius 3 is 2.90 bits per heavy atom. The van der Waals surface area contributed by atoms with Crippen LogP contribution < -0.4 is 9.64 Å². The van der Waals surface area contributed by atoms with E-state index in [1.807, 2.05) is 25.1 Å². The molecule has 2 aromatic rings. The summed E-state index contributed by atoms with van der Waals surface area (Å²) in [6.45, 7) is 0. The van der Waals surface area contributed by atoms with E-state index in [4.69, 9.17) is 9.26 Å². The van der Waals surface area contributed by atoms with Gasteiger partial charge < -0.3 is 14.2 Å². The van der Waals surface area contributed by atoms with E-state index < -0.39 is 0 Å². The summed E-state index contributed by atoms with van der Waals surface area (Å²) in [6, 6.07) is 6.25. The molecule has 0 aliphatic heterocycles. The number of methoxy groups -OCH3 is 1. The zero-order valence-electron chi connectivity index (χ0n) is 12.1. The maximum atomic E-state index is 5.45. The van der Waals surface area contributed by atoms with Gasteiger partial charge in [0, 0.05) is 14.1 Å². The zero-order chi connectivity index (χ0) is 14.1. The number of ether oxygens (including phenoxy) is 1. The fraction of sp³-hybridized carbons (Fsp3) is 0.467. The number of aromatic nitrogens is 2. The molecule has 20 heavy (non-hydrogen) atoms. The summed E-state index contributed by atoms with van der Waals surface area (Å²) < 4.78 is 10.8. The summed E-state index contributed by atoms with van der Waals surface area (Å²) in [5.74, 6) is 2.37. The molecule has 1 atom stereocenters. The predicted octanol–water partition coefficient (Wildman–Crippen LogP) is 2.61. The van der Waals surface area contributed by atoms with Crippen molar-refractivity contribution in [2.75, 3.05) is 26.1 Å². The molecule has 1 heterocycles. The average molecular weight is 273 g/mol. The van der Waals surface area contributed by atoms with Gasteiger partial charge in [-0.2, -0.15) is 4.98 Å². The summed E-state index contributed by atoms with van der Waals surface area (Å²) in [4.78, 5) is 6.34. The molecule has 106 valence electrons. The molecule has 0 bridgehead atoms. The molecule has 0 spiro atoms. The van der Waals surface area contributed by atoms with Crippen LogP contribution in [0.25, 0.3) is 0 Å². The molecule has 5 heteroatoms. The summed E-state index contributed by atoms with van der Waals surface area (Å²) in [6.07, 6.45) is 3.28. The monoisotopic (exact) mass is 273 g/mol. The fourth-order valence-corrected chi connectivity index (χ4v) is 2.71. The molecule has 0 fully saturated rings. The number of anilines is 1. The molecule has 3 rings (SSSR count). The second-order valence-electron chi connectivity index (χ2n) is 5.34. The Morgan fingerprint density at radius 2 is 2.20 bits per heavy atom. The molecular formula is C15H19N3O2. The van der Waals surface area contributed by atoms with E-state index in [2.05, 4.69) is 22.3 Å². The van der Waals surface area contributed by atoms with E-state index in [9.17, 15) is 0 Å². The van der Waals surface area contributed by atoms with Gasteiger partial charge in [0.2, 0.25) is 5.89 Å². The molecule has 5 nitrogen and oxygen atoms in total. The highest BCUT2D eigenvalue weighted by atomic mass is 16.5. The zero-order valence-corrected chi connectivity index (χ0v) is 12.1. The van der Waals surface area contributed by atoms with Gasteiger partial charge >= 0.3 is 0 Å². The molecule has 1 aromatic heterocycles. The van der Waals surface area contributed by atoms with Gasteiger partial charge in [-0.05, 0) is 47.7 Å². The summed E-state index contributed by atoms with van der Waals surface area (Å²) in [5.41, 5.74) is 2.61. The van der Waals surface area contributed by atoms with Crippen molar-refractivity contribution >= 4 is 5.95 Å². The van der Waals surface area contributed by atoms with Gasteiger partial charge in [-0.3, -0.25) is 0 Å². The van der Waals surface area contributed by atoms with Gasteiger partial charge in [0.15, 0.2) is 0 Å². The molecular weight excluding hydrogens is 254 g/mol. The molecule has 0 saturated heterocycles. The quantitative estimate of drug-likeness (QED) is 0.860. The Hall–Kier alpha value is -2.04. The minimum Gasteiger partial charge on any atom is -0.497 e. The van der Waals surface area contributed by atoms with Crippen LogP contribution in [-0.2, 0) is 6.42 Å². The fourth-order valence-electron chi connectivity index (χ4n) is 2.71. The third-order valence-electron chi connectivity index (χ3n) is 3.80. The minimum absolute atomic E-state index is 0.176. The van der Waals surface area contributed by atoms with Gasteiger partial charge in [-0.25, -0.2) is 0 Å². The first-order valence-corrected chi connectivity index (χ1v) is 6.87. The lowest BCUT2D eigenvalue weighted by Gasteiger charge is -2.23. The van der Waals surface area contributed by atoms with Crippen LogP contribution >= 0.6 is 0 Å². The van der Waals surface area contributed by atoms with E-state index >= 15 is 0 Å². The molecule has 1 aliphatic rings. The average Bonchev–Trinajstić information content (AvgIpc) is 2.96. The topological polar surface area (TPSA) is 51.4 Å². The number of hydrogen-bond acceptors (Lipinski definition) is 5. The Balaban J connectivity index is 1.99. The summed E-state index contributed by atoms with van der Waals surface area (Å²) in [5, 5.41) is 4.01. The van der Waals surface area contributed by atoms with Gasteiger partial charge in [-0.15, -0.1) is 0 Å². The first kappa shape index (κ1) is 13.0. The third kappa shape index (κ3) is 2.24. The normalized spacial score (nSPS) is 17.6. The van der Waals surface area contributed by atoms with Crippen molar-refractivity contribution in [2.24, 2.45) is 0 Å². The molecule has 0 radical (unpaired) electrons. The number of nitrogens with zero attached hydrogens (tertiary/aromatic N) is 3. The number of rotatable bonds is 3. The number of aryl methyl sites for hydroxylation is 1. The lowest BCUT2D eigenvalue weighted by atomic mass is 9.82. The second kappa shape index (κ2) is 5.15. The van der Waals surface area contributed by atoms with Crippen molar-refractivity contribution in [1.82, 2.24) is 10.1 Å². The van der Waals surface area contributed by atoms with Crippen LogP contribution in [0.5, 0.6) is 5.75 Å². The highest BCUT2D eigenvalue weighted by Crippen LogP contribution is 2.38. The molecule has 0 N–H and O–H groups in total. The standard InChI is InChI=1S/C15H19N3O2/c1-18(2)15-16-14(20-17-15)12-6-4-5-10-7-8-11(19-3)9-13(10)12/h7-9,12H,4-6H2,1-3H3. The third-order valence-corrected chi connectivity index (χ3v) is 3.80. The van der Waals surface area contributed by atoms with Crippen LogP contribution in [0.1, 0.15) is 35.8 Å². The maximum absolute atomic E-state index is 5.45. The van der Waals surface area contributed by atoms with E-state index in [-0.39, 0.29) is 5.92 Å². The first-order chi connectivity index (χ1) is 9.69. The lowest BCUT2D eigenvalue weighted by Crippen LogP contribution is -2.13. The van der Waals surface area contributed by atoms with Gasteiger partial charge in [-0.1, -0.05) is 6.07 Å². The molecule has 0 saturated carbocycles. The number of hydrogen-bond donors (Lipinski definition) is 0. The lowest BCUT2D eigenvalue weighted by molar-refractivity contribution is 0.353. The SMILES string of the molecule is COc1ccc2c(c1)C(c1nc(N(C)C)no1)CCC2. The highest BCUT2D eigenvalue weighted by molar-refractivity contribution is 5.42. The van der Waals surface area contributed by atoms with Crippen molar-refractivity contribution in [2.45, 2.75) is 25.2 Å². The van der Waals surface area contributed by atoms with E-state index in [0.717, 1.165) is 25.0 Å². The highest BCUT2D eigenvalue weighted by Gasteiger charge is 2.27. The van der Waals surface area contributed by atoms with Crippen LogP contribution in [0.3, 0.4) is 0 Å². The molecule has 1 unspecified atom stereocenters. The summed E-state index contributed by atoms with van der Waals surface area (Å²) in [7, 11) is 5.51. The first-order valence-electron chi connectivity index (χ1n) is 6.87. The van der Waals surface area contributed by atoms with Crippen LogP contribution in [0, 0.1) is 0 Å². The Morgan fingerprint density at radius 1 is 1.35 bits per heavy atom. The van der Waals surface area contributed by atoms with Crippen molar-refractivity contribution in [1.29, 1.82) is 0 Å². The van der Waals surface area contributed by atoms with Crippen molar-refractivity contribution < 1.29 is 9.26 Å². The number of fused-ring (bicyclic) bond motifs is 1. The van der Waals surface area contributed by atoms with E-state index in [0.29, 0.717) is 11.8 Å². The Bertz CT molecular complexity index is 607.